The van der Waals surface area contributed by atoms with Crippen molar-refractivity contribution in [3.63, 3.8) is 0 Å². The molecule has 3 aromatic rings. The Balaban J connectivity index is 2.36. The lowest BCUT2D eigenvalue weighted by Crippen LogP contribution is -2.18. The van der Waals surface area contributed by atoms with E-state index in [0.717, 1.165) is 0 Å². The summed E-state index contributed by atoms with van der Waals surface area (Å²) in [6, 6.07) is 14.0. The van der Waals surface area contributed by atoms with Gasteiger partial charge in [0.1, 0.15) is 5.58 Å². The number of carbonyl (C=O) groups is 1. The highest BCUT2D eigenvalue weighted by Crippen LogP contribution is 2.28. The maximum Gasteiger partial charge on any atom is 0.354 e. The molecular formula is C16H9NO5. The zero-order valence-corrected chi connectivity index (χ0v) is 11.2. The second-order valence-electron chi connectivity index (χ2n) is 4.56. The molecule has 6 heteroatoms. The van der Waals surface area contributed by atoms with Crippen LogP contribution in [-0.4, -0.2) is 10.7 Å². The lowest BCUT2D eigenvalue weighted by atomic mass is 10.0. The third-order valence-electron chi connectivity index (χ3n) is 3.23. The highest BCUT2D eigenvalue weighted by molar-refractivity contribution is 6.13. The molecule has 0 aliphatic carbocycles. The van der Waals surface area contributed by atoms with Crippen molar-refractivity contribution >= 4 is 22.4 Å². The molecule has 0 aliphatic rings. The smallest absolute Gasteiger partial charge is 0.354 e. The van der Waals surface area contributed by atoms with Gasteiger partial charge in [0.2, 0.25) is 5.78 Å². The second kappa shape index (κ2) is 5.25. The number of nitro groups is 1. The number of carbonyl (C=O) groups excluding carboxylic acids is 1. The van der Waals surface area contributed by atoms with Crippen molar-refractivity contribution in [3.05, 3.63) is 86.3 Å². The van der Waals surface area contributed by atoms with E-state index in [1.54, 1.807) is 30.3 Å². The minimum Gasteiger partial charge on any atom is -0.422 e. The first-order valence-corrected chi connectivity index (χ1v) is 6.39. The van der Waals surface area contributed by atoms with Gasteiger partial charge < -0.3 is 4.42 Å². The van der Waals surface area contributed by atoms with E-state index >= 15 is 0 Å². The van der Waals surface area contributed by atoms with Crippen molar-refractivity contribution in [1.29, 1.82) is 0 Å². The molecule has 0 saturated carbocycles. The van der Waals surface area contributed by atoms with Gasteiger partial charge in [-0.05, 0) is 12.1 Å². The number of hydrogen-bond donors (Lipinski definition) is 0. The van der Waals surface area contributed by atoms with Crippen LogP contribution in [0.1, 0.15) is 15.9 Å². The second-order valence-corrected chi connectivity index (χ2v) is 4.56. The van der Waals surface area contributed by atoms with E-state index in [4.69, 9.17) is 4.42 Å². The summed E-state index contributed by atoms with van der Waals surface area (Å²) in [5.41, 5.74) is -1.84. The van der Waals surface area contributed by atoms with Crippen molar-refractivity contribution in [2.75, 3.05) is 0 Å². The average molecular weight is 295 g/mol. The van der Waals surface area contributed by atoms with Crippen LogP contribution in [0.3, 0.4) is 0 Å². The number of para-hydroxylation sites is 1. The van der Waals surface area contributed by atoms with Crippen LogP contribution < -0.4 is 5.63 Å². The fraction of sp³-hybridized carbons (Fsp3) is 0. The molecule has 0 atom stereocenters. The van der Waals surface area contributed by atoms with Crippen molar-refractivity contribution in [2.45, 2.75) is 0 Å². The van der Waals surface area contributed by atoms with Crippen LogP contribution in [0.5, 0.6) is 0 Å². The fourth-order valence-corrected chi connectivity index (χ4v) is 2.26. The summed E-state index contributed by atoms with van der Waals surface area (Å²) in [5.74, 6) is -0.730. The summed E-state index contributed by atoms with van der Waals surface area (Å²) in [6.07, 6.45) is 0. The van der Waals surface area contributed by atoms with E-state index in [0.29, 0.717) is 0 Å². The number of fused-ring (bicyclic) bond motifs is 1. The highest BCUT2D eigenvalue weighted by atomic mass is 16.6. The predicted molar refractivity (Wildman–Crippen MR) is 79.0 cm³/mol. The third kappa shape index (κ3) is 2.16. The van der Waals surface area contributed by atoms with Crippen molar-refractivity contribution in [1.82, 2.24) is 0 Å². The van der Waals surface area contributed by atoms with Crippen LogP contribution in [0.25, 0.3) is 11.0 Å². The van der Waals surface area contributed by atoms with E-state index in [-0.39, 0.29) is 16.5 Å². The molecule has 1 heterocycles. The molecule has 0 saturated heterocycles. The molecule has 0 unspecified atom stereocenters. The van der Waals surface area contributed by atoms with Crippen LogP contribution >= 0.6 is 0 Å². The van der Waals surface area contributed by atoms with E-state index in [1.165, 1.54) is 24.3 Å². The summed E-state index contributed by atoms with van der Waals surface area (Å²) in [7, 11) is 0. The summed E-state index contributed by atoms with van der Waals surface area (Å²) < 4.78 is 5.05. The monoisotopic (exact) mass is 295 g/mol. The minimum absolute atomic E-state index is 0.0730. The minimum atomic E-state index is -1.01. The van der Waals surface area contributed by atoms with Crippen molar-refractivity contribution < 1.29 is 14.1 Å². The molecule has 0 aliphatic heterocycles. The molecule has 0 N–H and O–H groups in total. The Kier molecular flexibility index (Phi) is 3.27. The third-order valence-corrected chi connectivity index (χ3v) is 3.23. The normalized spacial score (nSPS) is 10.5. The molecule has 0 bridgehead atoms. The molecular weight excluding hydrogens is 286 g/mol. The van der Waals surface area contributed by atoms with Crippen molar-refractivity contribution in [3.8, 4) is 0 Å². The van der Waals surface area contributed by atoms with Gasteiger partial charge in [-0.3, -0.25) is 14.9 Å². The molecule has 0 spiro atoms. The van der Waals surface area contributed by atoms with Gasteiger partial charge in [-0.2, -0.15) is 0 Å². The first kappa shape index (κ1) is 13.7. The zero-order valence-electron chi connectivity index (χ0n) is 11.2. The van der Waals surface area contributed by atoms with Crippen LogP contribution in [0.4, 0.5) is 5.69 Å². The van der Waals surface area contributed by atoms with E-state index < -0.39 is 27.6 Å². The lowest BCUT2D eigenvalue weighted by molar-refractivity contribution is -0.383. The number of rotatable bonds is 3. The molecule has 0 amide bonds. The molecule has 108 valence electrons. The Morgan fingerprint density at radius 1 is 1.00 bits per heavy atom. The van der Waals surface area contributed by atoms with Gasteiger partial charge >= 0.3 is 5.63 Å². The van der Waals surface area contributed by atoms with Crippen molar-refractivity contribution in [2.24, 2.45) is 0 Å². The molecule has 3 rings (SSSR count). The van der Waals surface area contributed by atoms with Crippen LogP contribution in [0, 0.1) is 10.1 Å². The summed E-state index contributed by atoms with van der Waals surface area (Å²) in [6.45, 7) is 0. The Morgan fingerprint density at radius 3 is 2.32 bits per heavy atom. The van der Waals surface area contributed by atoms with Gasteiger partial charge in [-0.15, -0.1) is 0 Å². The first-order valence-electron chi connectivity index (χ1n) is 6.39. The average Bonchev–Trinajstić information content (AvgIpc) is 2.53. The highest BCUT2D eigenvalue weighted by Gasteiger charge is 2.29. The van der Waals surface area contributed by atoms with Crippen LogP contribution in [0.2, 0.25) is 0 Å². The van der Waals surface area contributed by atoms with Crippen LogP contribution in [0.15, 0.2) is 63.8 Å². The van der Waals surface area contributed by atoms with E-state index in [2.05, 4.69) is 0 Å². The Morgan fingerprint density at radius 2 is 1.64 bits per heavy atom. The van der Waals surface area contributed by atoms with Gasteiger partial charge in [0.05, 0.1) is 10.3 Å². The molecule has 0 radical (unpaired) electrons. The molecule has 2 aromatic carbocycles. The summed E-state index contributed by atoms with van der Waals surface area (Å²) >= 11 is 0. The van der Waals surface area contributed by atoms with Crippen LogP contribution in [-0.2, 0) is 0 Å². The Bertz CT molecular complexity index is 944. The van der Waals surface area contributed by atoms with Gasteiger partial charge in [-0.25, -0.2) is 4.79 Å². The Labute approximate surface area is 123 Å². The molecule has 6 nitrogen and oxygen atoms in total. The maximum atomic E-state index is 12.5. The lowest BCUT2D eigenvalue weighted by Gasteiger charge is -2.04. The van der Waals surface area contributed by atoms with E-state index in [9.17, 15) is 19.7 Å². The fourth-order valence-electron chi connectivity index (χ4n) is 2.26. The quantitative estimate of drug-likeness (QED) is 0.321. The topological polar surface area (TPSA) is 90.4 Å². The summed E-state index contributed by atoms with van der Waals surface area (Å²) in [5, 5.41) is 11.5. The van der Waals surface area contributed by atoms with Gasteiger partial charge in [-0.1, -0.05) is 42.5 Å². The van der Waals surface area contributed by atoms with Gasteiger partial charge in [0.15, 0.2) is 5.56 Å². The maximum absolute atomic E-state index is 12.5. The number of benzene rings is 2. The standard InChI is InChI=1S/C16H9NO5/c18-15(10-6-2-1-3-7-10)13-14(17(20)21)11-8-4-5-9-12(11)22-16(13)19/h1-9H. The first-order chi connectivity index (χ1) is 10.6. The largest absolute Gasteiger partial charge is 0.422 e. The zero-order chi connectivity index (χ0) is 15.7. The predicted octanol–water partition coefficient (Wildman–Crippen LogP) is 2.93. The van der Waals surface area contributed by atoms with Gasteiger partial charge in [0, 0.05) is 5.56 Å². The SMILES string of the molecule is O=C(c1ccccc1)c1c([N+](=O)[O-])c2ccccc2oc1=O. The molecule has 22 heavy (non-hydrogen) atoms. The molecule has 1 aromatic heterocycles. The number of ketones is 1. The Hall–Kier alpha value is -3.28. The van der Waals surface area contributed by atoms with E-state index in [1.807, 2.05) is 0 Å². The van der Waals surface area contributed by atoms with Gasteiger partial charge in [0.25, 0.3) is 5.69 Å². The molecule has 0 fully saturated rings. The number of nitrogens with zero attached hydrogens (tertiary/aromatic N) is 1. The summed E-state index contributed by atoms with van der Waals surface area (Å²) in [4.78, 5) is 35.2. The number of hydrogen-bond acceptors (Lipinski definition) is 5.